The lowest BCUT2D eigenvalue weighted by Gasteiger charge is -2.12. The van der Waals surface area contributed by atoms with Gasteiger partial charge in [0.15, 0.2) is 16.7 Å². The molecule has 0 amide bonds. The van der Waals surface area contributed by atoms with Crippen LogP contribution in [0.1, 0.15) is 30.2 Å². The quantitative estimate of drug-likeness (QED) is 0.622. The van der Waals surface area contributed by atoms with Crippen molar-refractivity contribution in [3.05, 3.63) is 45.4 Å². The second-order valence-corrected chi connectivity index (χ2v) is 5.94. The van der Waals surface area contributed by atoms with E-state index in [1.807, 2.05) is 31.4 Å². The van der Waals surface area contributed by atoms with Crippen LogP contribution in [0, 0.1) is 6.92 Å². The Morgan fingerprint density at radius 1 is 1.30 bits per heavy atom. The average molecular weight is 334 g/mol. The van der Waals surface area contributed by atoms with E-state index < -0.39 is 0 Å². The summed E-state index contributed by atoms with van der Waals surface area (Å²) < 4.78 is 11.0. The topological polar surface area (TPSA) is 64.2 Å². The summed E-state index contributed by atoms with van der Waals surface area (Å²) in [5.74, 6) is 1.40. The minimum Gasteiger partial charge on any atom is -0.493 e. The molecule has 0 aliphatic rings. The third-order valence-corrected chi connectivity index (χ3v) is 4.04. The molecule has 1 heterocycles. The Morgan fingerprint density at radius 3 is 2.70 bits per heavy atom. The Kier molecular flexibility index (Phi) is 6.10. The molecule has 0 atom stereocenters. The highest BCUT2D eigenvalue weighted by atomic mass is 32.2. The minimum atomic E-state index is -0.0906. The summed E-state index contributed by atoms with van der Waals surface area (Å²) in [6.07, 6.45) is 3.33. The molecule has 0 saturated heterocycles. The fourth-order valence-electron chi connectivity index (χ4n) is 2.25. The SMILES string of the molecule is CCCOc1ccc(Cc2c(C)nc(SC)[nH]c2=O)cc1OC. The van der Waals surface area contributed by atoms with Crippen LogP contribution in [0.15, 0.2) is 28.2 Å². The molecule has 0 aliphatic heterocycles. The van der Waals surface area contributed by atoms with E-state index in [9.17, 15) is 4.79 Å². The van der Waals surface area contributed by atoms with Gasteiger partial charge in [-0.3, -0.25) is 4.79 Å². The lowest BCUT2D eigenvalue weighted by atomic mass is 10.0. The summed E-state index contributed by atoms with van der Waals surface area (Å²) >= 11 is 1.42. The predicted octanol–water partition coefficient (Wildman–Crippen LogP) is 3.19. The van der Waals surface area contributed by atoms with Crippen LogP contribution in [0.25, 0.3) is 0 Å². The third kappa shape index (κ3) is 4.28. The fourth-order valence-corrected chi connectivity index (χ4v) is 2.67. The number of aromatic amines is 1. The summed E-state index contributed by atoms with van der Waals surface area (Å²) in [6, 6.07) is 5.75. The average Bonchev–Trinajstić information content (AvgIpc) is 2.56. The lowest BCUT2D eigenvalue weighted by molar-refractivity contribution is 0.294. The van der Waals surface area contributed by atoms with Crippen LogP contribution in [0.5, 0.6) is 11.5 Å². The molecule has 0 bridgehead atoms. The van der Waals surface area contributed by atoms with E-state index in [1.54, 1.807) is 7.11 Å². The van der Waals surface area contributed by atoms with Gasteiger partial charge in [0, 0.05) is 17.7 Å². The number of nitrogens with zero attached hydrogens (tertiary/aromatic N) is 1. The number of hydrogen-bond acceptors (Lipinski definition) is 5. The van der Waals surface area contributed by atoms with Crippen LogP contribution >= 0.6 is 11.8 Å². The second-order valence-electron chi connectivity index (χ2n) is 5.15. The van der Waals surface area contributed by atoms with E-state index >= 15 is 0 Å². The molecule has 0 spiro atoms. The van der Waals surface area contributed by atoms with Crippen molar-refractivity contribution in [2.75, 3.05) is 20.0 Å². The maximum absolute atomic E-state index is 12.2. The molecule has 0 saturated carbocycles. The highest BCUT2D eigenvalue weighted by Crippen LogP contribution is 2.29. The first-order valence-corrected chi connectivity index (χ1v) is 8.75. The van der Waals surface area contributed by atoms with Gasteiger partial charge in [-0.25, -0.2) is 4.98 Å². The zero-order chi connectivity index (χ0) is 16.8. The van der Waals surface area contributed by atoms with Crippen molar-refractivity contribution in [2.24, 2.45) is 0 Å². The molecule has 0 unspecified atom stereocenters. The van der Waals surface area contributed by atoms with Crippen LogP contribution in [-0.2, 0) is 6.42 Å². The third-order valence-electron chi connectivity index (χ3n) is 3.46. The monoisotopic (exact) mass is 334 g/mol. The van der Waals surface area contributed by atoms with E-state index in [0.717, 1.165) is 23.4 Å². The lowest BCUT2D eigenvalue weighted by Crippen LogP contribution is -2.17. The van der Waals surface area contributed by atoms with Crippen molar-refractivity contribution in [3.8, 4) is 11.5 Å². The molecule has 124 valence electrons. The molecular formula is C17H22N2O3S. The summed E-state index contributed by atoms with van der Waals surface area (Å²) in [4.78, 5) is 19.4. The van der Waals surface area contributed by atoms with Crippen LogP contribution in [0.4, 0.5) is 0 Å². The molecule has 0 aliphatic carbocycles. The number of benzene rings is 1. The first kappa shape index (κ1) is 17.4. The first-order chi connectivity index (χ1) is 11.1. The molecule has 6 heteroatoms. The van der Waals surface area contributed by atoms with Crippen molar-refractivity contribution in [1.82, 2.24) is 9.97 Å². The molecule has 5 nitrogen and oxygen atoms in total. The number of hydrogen-bond donors (Lipinski definition) is 1. The Balaban J connectivity index is 2.29. The number of methoxy groups -OCH3 is 1. The number of nitrogens with one attached hydrogen (secondary N) is 1. The van der Waals surface area contributed by atoms with Gasteiger partial charge in [0.05, 0.1) is 13.7 Å². The van der Waals surface area contributed by atoms with E-state index in [4.69, 9.17) is 9.47 Å². The fraction of sp³-hybridized carbons (Fsp3) is 0.412. The predicted molar refractivity (Wildman–Crippen MR) is 93.0 cm³/mol. The van der Waals surface area contributed by atoms with Gasteiger partial charge in [-0.05, 0) is 37.3 Å². The van der Waals surface area contributed by atoms with E-state index in [0.29, 0.717) is 29.5 Å². The van der Waals surface area contributed by atoms with Gasteiger partial charge < -0.3 is 14.5 Å². The highest BCUT2D eigenvalue weighted by molar-refractivity contribution is 7.98. The van der Waals surface area contributed by atoms with Crippen LogP contribution in [0.2, 0.25) is 0 Å². The summed E-state index contributed by atoms with van der Waals surface area (Å²) in [6.45, 7) is 4.57. The maximum atomic E-state index is 12.2. The maximum Gasteiger partial charge on any atom is 0.255 e. The van der Waals surface area contributed by atoms with Crippen LogP contribution in [0.3, 0.4) is 0 Å². The molecular weight excluding hydrogens is 312 g/mol. The number of H-pyrrole nitrogens is 1. The molecule has 2 rings (SSSR count). The van der Waals surface area contributed by atoms with E-state index in [-0.39, 0.29) is 5.56 Å². The molecule has 0 fully saturated rings. The minimum absolute atomic E-state index is 0.0906. The molecule has 1 aromatic heterocycles. The van der Waals surface area contributed by atoms with Crippen molar-refractivity contribution < 1.29 is 9.47 Å². The second kappa shape index (κ2) is 8.06. The molecule has 2 aromatic rings. The number of aromatic nitrogens is 2. The van der Waals surface area contributed by atoms with Gasteiger partial charge in [-0.1, -0.05) is 24.8 Å². The van der Waals surface area contributed by atoms with Gasteiger partial charge >= 0.3 is 0 Å². The van der Waals surface area contributed by atoms with Gasteiger partial charge in [-0.15, -0.1) is 0 Å². The molecule has 1 aromatic carbocycles. The smallest absolute Gasteiger partial charge is 0.255 e. The van der Waals surface area contributed by atoms with E-state index in [2.05, 4.69) is 16.9 Å². The van der Waals surface area contributed by atoms with Gasteiger partial charge in [0.25, 0.3) is 5.56 Å². The van der Waals surface area contributed by atoms with Crippen molar-refractivity contribution in [1.29, 1.82) is 0 Å². The van der Waals surface area contributed by atoms with Crippen LogP contribution < -0.4 is 15.0 Å². The van der Waals surface area contributed by atoms with Crippen molar-refractivity contribution in [3.63, 3.8) is 0 Å². The summed E-state index contributed by atoms with van der Waals surface area (Å²) in [7, 11) is 1.62. The standard InChI is InChI=1S/C17H22N2O3S/c1-5-8-22-14-7-6-12(10-15(14)21-3)9-13-11(2)18-17(23-4)19-16(13)20/h6-7,10H,5,8-9H2,1-4H3,(H,18,19,20). The summed E-state index contributed by atoms with van der Waals surface area (Å²) in [5, 5.41) is 0.636. The number of rotatable bonds is 7. The molecule has 23 heavy (non-hydrogen) atoms. The number of ether oxygens (including phenoxy) is 2. The zero-order valence-corrected chi connectivity index (χ0v) is 14.8. The molecule has 0 radical (unpaired) electrons. The summed E-state index contributed by atoms with van der Waals surface area (Å²) in [5.41, 5.74) is 2.32. The van der Waals surface area contributed by atoms with E-state index in [1.165, 1.54) is 11.8 Å². The van der Waals surface area contributed by atoms with Gasteiger partial charge in [-0.2, -0.15) is 0 Å². The first-order valence-electron chi connectivity index (χ1n) is 7.52. The number of aryl methyl sites for hydroxylation is 1. The highest BCUT2D eigenvalue weighted by Gasteiger charge is 2.11. The Labute approximate surface area is 140 Å². The largest absolute Gasteiger partial charge is 0.493 e. The van der Waals surface area contributed by atoms with Crippen molar-refractivity contribution in [2.45, 2.75) is 31.8 Å². The molecule has 1 N–H and O–H groups in total. The Morgan fingerprint density at radius 2 is 2.09 bits per heavy atom. The Bertz CT molecular complexity index is 728. The number of thioether (sulfide) groups is 1. The van der Waals surface area contributed by atoms with Gasteiger partial charge in [0.1, 0.15) is 0 Å². The Hall–Kier alpha value is -1.95. The van der Waals surface area contributed by atoms with Crippen LogP contribution in [-0.4, -0.2) is 29.9 Å². The van der Waals surface area contributed by atoms with Gasteiger partial charge in [0.2, 0.25) is 0 Å². The normalized spacial score (nSPS) is 10.6. The van der Waals surface area contributed by atoms with Crippen molar-refractivity contribution >= 4 is 11.8 Å². The zero-order valence-electron chi connectivity index (χ0n) is 13.9.